The summed E-state index contributed by atoms with van der Waals surface area (Å²) >= 11 is 0. The third-order valence-corrected chi connectivity index (χ3v) is 4.42. The SMILES string of the molecule is CCc1nc2ccccc2n1CC(=O)NC(c1cnn(C)c1)C(C)C. The Kier molecular flexibility index (Phi) is 4.88. The Morgan fingerprint density at radius 3 is 2.68 bits per heavy atom. The fourth-order valence-corrected chi connectivity index (χ4v) is 3.17. The Bertz CT molecular complexity index is 877. The number of hydrogen-bond donors (Lipinski definition) is 1. The van der Waals surface area contributed by atoms with Crippen LogP contribution in [0.15, 0.2) is 36.7 Å². The molecule has 0 bridgehead atoms. The van der Waals surface area contributed by atoms with E-state index in [2.05, 4.69) is 36.2 Å². The largest absolute Gasteiger partial charge is 0.347 e. The number of nitrogens with one attached hydrogen (secondary N) is 1. The van der Waals surface area contributed by atoms with Crippen molar-refractivity contribution < 1.29 is 4.79 Å². The quantitative estimate of drug-likeness (QED) is 0.751. The Morgan fingerprint density at radius 2 is 2.04 bits per heavy atom. The molecule has 3 aromatic rings. The van der Waals surface area contributed by atoms with Gasteiger partial charge in [-0.3, -0.25) is 9.48 Å². The molecule has 0 aliphatic carbocycles. The van der Waals surface area contributed by atoms with Gasteiger partial charge in [0.2, 0.25) is 5.91 Å². The number of carbonyl (C=O) groups excluding carboxylic acids is 1. The molecular weight excluding hydrogens is 314 g/mol. The lowest BCUT2D eigenvalue weighted by Gasteiger charge is -2.21. The first-order chi connectivity index (χ1) is 12.0. The highest BCUT2D eigenvalue weighted by Crippen LogP contribution is 2.21. The van der Waals surface area contributed by atoms with Crippen molar-refractivity contribution in [2.45, 2.75) is 39.8 Å². The van der Waals surface area contributed by atoms with Gasteiger partial charge in [-0.05, 0) is 18.1 Å². The lowest BCUT2D eigenvalue weighted by atomic mass is 9.99. The number of rotatable bonds is 6. The van der Waals surface area contributed by atoms with Crippen LogP contribution < -0.4 is 5.32 Å². The summed E-state index contributed by atoms with van der Waals surface area (Å²) in [5.74, 6) is 1.19. The Hall–Kier alpha value is -2.63. The van der Waals surface area contributed by atoms with Crippen molar-refractivity contribution >= 4 is 16.9 Å². The van der Waals surface area contributed by atoms with Crippen LogP contribution in [0.3, 0.4) is 0 Å². The molecule has 0 spiro atoms. The molecule has 1 unspecified atom stereocenters. The van der Waals surface area contributed by atoms with E-state index in [1.54, 1.807) is 4.68 Å². The summed E-state index contributed by atoms with van der Waals surface area (Å²) < 4.78 is 3.76. The van der Waals surface area contributed by atoms with E-state index in [0.29, 0.717) is 0 Å². The average Bonchev–Trinajstić information content (AvgIpc) is 3.16. The first-order valence-corrected chi connectivity index (χ1v) is 8.71. The third kappa shape index (κ3) is 3.57. The molecule has 0 aliphatic heterocycles. The molecule has 1 atom stereocenters. The normalized spacial score (nSPS) is 12.7. The number of benzene rings is 1. The van der Waals surface area contributed by atoms with Crippen molar-refractivity contribution in [1.29, 1.82) is 0 Å². The number of amides is 1. The van der Waals surface area contributed by atoms with Gasteiger partial charge in [-0.2, -0.15) is 5.10 Å². The van der Waals surface area contributed by atoms with Crippen LogP contribution in [-0.2, 0) is 24.8 Å². The van der Waals surface area contributed by atoms with Crippen LogP contribution in [0, 0.1) is 5.92 Å². The van der Waals surface area contributed by atoms with E-state index < -0.39 is 0 Å². The van der Waals surface area contributed by atoms with Gasteiger partial charge in [0.1, 0.15) is 12.4 Å². The van der Waals surface area contributed by atoms with Gasteiger partial charge in [0.25, 0.3) is 0 Å². The lowest BCUT2D eigenvalue weighted by Crippen LogP contribution is -2.34. The molecule has 0 saturated heterocycles. The minimum atomic E-state index is -0.0546. The van der Waals surface area contributed by atoms with Crippen LogP contribution in [0.25, 0.3) is 11.0 Å². The zero-order chi connectivity index (χ0) is 18.0. The minimum absolute atomic E-state index is 0.0135. The van der Waals surface area contributed by atoms with Crippen molar-refractivity contribution in [3.8, 4) is 0 Å². The second-order valence-electron chi connectivity index (χ2n) is 6.69. The van der Waals surface area contributed by atoms with Gasteiger partial charge in [0, 0.05) is 25.2 Å². The summed E-state index contributed by atoms with van der Waals surface area (Å²) in [4.78, 5) is 17.4. The van der Waals surface area contributed by atoms with Crippen LogP contribution in [-0.4, -0.2) is 25.2 Å². The first-order valence-electron chi connectivity index (χ1n) is 8.71. The smallest absolute Gasteiger partial charge is 0.240 e. The molecule has 6 heteroatoms. The van der Waals surface area contributed by atoms with Crippen LogP contribution in [0.4, 0.5) is 0 Å². The van der Waals surface area contributed by atoms with E-state index in [0.717, 1.165) is 28.8 Å². The summed E-state index contributed by atoms with van der Waals surface area (Å²) in [7, 11) is 1.88. The van der Waals surface area contributed by atoms with Gasteiger partial charge in [-0.1, -0.05) is 32.9 Å². The number of fused-ring (bicyclic) bond motifs is 1. The van der Waals surface area contributed by atoms with Gasteiger partial charge >= 0.3 is 0 Å². The maximum Gasteiger partial charge on any atom is 0.240 e. The molecular formula is C19H25N5O. The highest BCUT2D eigenvalue weighted by molar-refractivity contribution is 5.81. The lowest BCUT2D eigenvalue weighted by molar-refractivity contribution is -0.122. The maximum absolute atomic E-state index is 12.7. The van der Waals surface area contributed by atoms with Crippen molar-refractivity contribution in [1.82, 2.24) is 24.6 Å². The van der Waals surface area contributed by atoms with Gasteiger partial charge in [-0.15, -0.1) is 0 Å². The number of nitrogens with zero attached hydrogens (tertiary/aromatic N) is 4. The summed E-state index contributed by atoms with van der Waals surface area (Å²) in [5.41, 5.74) is 2.95. The summed E-state index contributed by atoms with van der Waals surface area (Å²) in [6.45, 7) is 6.53. The Labute approximate surface area is 147 Å². The number of aryl methyl sites for hydroxylation is 2. The van der Waals surface area contributed by atoms with E-state index in [1.807, 2.05) is 48.3 Å². The number of imidazole rings is 1. The van der Waals surface area contributed by atoms with Crippen LogP contribution in [0.2, 0.25) is 0 Å². The predicted octanol–water partition coefficient (Wildman–Crippen LogP) is 2.85. The Morgan fingerprint density at radius 1 is 1.28 bits per heavy atom. The van der Waals surface area contributed by atoms with Gasteiger partial charge in [0.15, 0.2) is 0 Å². The standard InChI is InChI=1S/C19H25N5O/c1-5-17-21-15-8-6-7-9-16(15)24(17)12-18(25)22-19(13(2)3)14-10-20-23(4)11-14/h6-11,13,19H,5,12H2,1-4H3,(H,22,25). The predicted molar refractivity (Wildman–Crippen MR) is 98.0 cm³/mol. The molecule has 2 heterocycles. The number of hydrogen-bond acceptors (Lipinski definition) is 3. The zero-order valence-electron chi connectivity index (χ0n) is 15.2. The number of para-hydroxylation sites is 2. The number of aromatic nitrogens is 4. The minimum Gasteiger partial charge on any atom is -0.347 e. The van der Waals surface area contributed by atoms with Crippen LogP contribution >= 0.6 is 0 Å². The molecule has 6 nitrogen and oxygen atoms in total. The second kappa shape index (κ2) is 7.09. The van der Waals surface area contributed by atoms with Gasteiger partial charge < -0.3 is 9.88 Å². The van der Waals surface area contributed by atoms with Crippen LogP contribution in [0.5, 0.6) is 0 Å². The number of carbonyl (C=O) groups is 1. The molecule has 0 radical (unpaired) electrons. The van der Waals surface area contributed by atoms with E-state index in [1.165, 1.54) is 0 Å². The molecule has 0 fully saturated rings. The monoisotopic (exact) mass is 339 g/mol. The van der Waals surface area contributed by atoms with Crippen molar-refractivity contribution in [3.63, 3.8) is 0 Å². The molecule has 1 N–H and O–H groups in total. The molecule has 0 aliphatic rings. The first kappa shape index (κ1) is 17.2. The highest BCUT2D eigenvalue weighted by Gasteiger charge is 2.21. The van der Waals surface area contributed by atoms with E-state index >= 15 is 0 Å². The maximum atomic E-state index is 12.7. The third-order valence-electron chi connectivity index (χ3n) is 4.42. The molecule has 1 amide bonds. The molecule has 0 saturated carbocycles. The molecule has 2 aromatic heterocycles. The van der Waals surface area contributed by atoms with E-state index in [-0.39, 0.29) is 24.4 Å². The van der Waals surface area contributed by atoms with E-state index in [9.17, 15) is 4.79 Å². The van der Waals surface area contributed by atoms with Crippen molar-refractivity contribution in [2.75, 3.05) is 0 Å². The average molecular weight is 339 g/mol. The zero-order valence-corrected chi connectivity index (χ0v) is 15.2. The highest BCUT2D eigenvalue weighted by atomic mass is 16.2. The van der Waals surface area contributed by atoms with Crippen LogP contribution in [0.1, 0.15) is 38.2 Å². The van der Waals surface area contributed by atoms with Gasteiger partial charge in [0.05, 0.1) is 23.3 Å². The second-order valence-corrected chi connectivity index (χ2v) is 6.69. The van der Waals surface area contributed by atoms with E-state index in [4.69, 9.17) is 0 Å². The molecule has 132 valence electrons. The fraction of sp³-hybridized carbons (Fsp3) is 0.421. The van der Waals surface area contributed by atoms with Gasteiger partial charge in [-0.25, -0.2) is 4.98 Å². The Balaban J connectivity index is 1.82. The summed E-state index contributed by atoms with van der Waals surface area (Å²) in [5, 5.41) is 7.38. The van der Waals surface area contributed by atoms with Crippen molar-refractivity contribution in [3.05, 3.63) is 48.0 Å². The summed E-state index contributed by atoms with van der Waals surface area (Å²) in [6, 6.07) is 7.88. The van der Waals surface area contributed by atoms with Crippen molar-refractivity contribution in [2.24, 2.45) is 13.0 Å². The fourth-order valence-electron chi connectivity index (χ4n) is 3.17. The molecule has 3 rings (SSSR count). The summed E-state index contributed by atoms with van der Waals surface area (Å²) in [6.07, 6.45) is 4.56. The molecule has 1 aromatic carbocycles. The molecule has 25 heavy (non-hydrogen) atoms. The topological polar surface area (TPSA) is 64.7 Å².